The normalized spacial score (nSPS) is 12.5. The van der Waals surface area contributed by atoms with E-state index in [4.69, 9.17) is 4.74 Å². The van der Waals surface area contributed by atoms with E-state index >= 15 is 0 Å². The fourth-order valence-corrected chi connectivity index (χ4v) is 3.01. The average Bonchev–Trinajstić information content (AvgIpc) is 2.81. The third kappa shape index (κ3) is 12.2. The number of esters is 2. The molecule has 2 unspecified atom stereocenters. The smallest absolute Gasteiger partial charge is 0.408 e. The number of aryl methyl sites for hydroxylation is 1. The molecule has 0 aliphatic rings. The van der Waals surface area contributed by atoms with E-state index in [9.17, 15) is 24.0 Å². The van der Waals surface area contributed by atoms with Crippen LogP contribution < -0.4 is 16.0 Å². The lowest BCUT2D eigenvalue weighted by atomic mass is 10.1. The molecule has 1 aromatic rings. The van der Waals surface area contributed by atoms with Crippen molar-refractivity contribution in [1.29, 1.82) is 0 Å². The lowest BCUT2D eigenvalue weighted by molar-refractivity contribution is -0.142. The first-order chi connectivity index (χ1) is 16.8. The van der Waals surface area contributed by atoms with Crippen LogP contribution in [0, 0.1) is 6.92 Å². The predicted octanol–water partition coefficient (Wildman–Crippen LogP) is 1.90. The Balaban J connectivity index is 2.96. The second-order valence-electron chi connectivity index (χ2n) is 9.19. The zero-order chi connectivity index (χ0) is 27.3. The Kier molecular flexibility index (Phi) is 12.4. The number of hydrogen-bond acceptors (Lipinski definition) is 8. The SMILES string of the molecule is COC(=O)CCC(NC(=O)OC(C)(C)C)C(=O)NC(CCC(=O)OC)C(=O)NCc1ccc(C)cc1. The molecule has 0 saturated carbocycles. The third-order valence-corrected chi connectivity index (χ3v) is 4.96. The Morgan fingerprint density at radius 1 is 0.806 bits per heavy atom. The van der Waals surface area contributed by atoms with Crippen molar-refractivity contribution in [1.82, 2.24) is 16.0 Å². The number of nitrogens with one attached hydrogen (secondary N) is 3. The molecule has 0 spiro atoms. The summed E-state index contributed by atoms with van der Waals surface area (Å²) >= 11 is 0. The maximum atomic E-state index is 13.1. The monoisotopic (exact) mass is 507 g/mol. The molecule has 3 N–H and O–H groups in total. The minimum Gasteiger partial charge on any atom is -0.469 e. The van der Waals surface area contributed by atoms with Crippen LogP contribution in [0.15, 0.2) is 24.3 Å². The van der Waals surface area contributed by atoms with Gasteiger partial charge in [-0.25, -0.2) is 4.79 Å². The molecule has 0 saturated heterocycles. The molecule has 11 heteroatoms. The average molecular weight is 508 g/mol. The number of amides is 3. The Hall–Kier alpha value is -3.63. The van der Waals surface area contributed by atoms with E-state index in [1.54, 1.807) is 20.8 Å². The van der Waals surface area contributed by atoms with Gasteiger partial charge in [-0.15, -0.1) is 0 Å². The molecule has 1 aromatic carbocycles. The van der Waals surface area contributed by atoms with Gasteiger partial charge in [0.1, 0.15) is 17.7 Å². The first-order valence-electron chi connectivity index (χ1n) is 11.6. The summed E-state index contributed by atoms with van der Waals surface area (Å²) in [6, 6.07) is 5.27. The second-order valence-corrected chi connectivity index (χ2v) is 9.19. The summed E-state index contributed by atoms with van der Waals surface area (Å²) in [6.07, 6.45) is -1.26. The number of carbonyl (C=O) groups is 5. The molecule has 0 fully saturated rings. The van der Waals surface area contributed by atoms with Gasteiger partial charge in [0.05, 0.1) is 14.2 Å². The van der Waals surface area contributed by atoms with Gasteiger partial charge in [-0.05, 0) is 46.1 Å². The van der Waals surface area contributed by atoms with E-state index in [0.717, 1.165) is 11.1 Å². The summed E-state index contributed by atoms with van der Waals surface area (Å²) in [5.41, 5.74) is 1.12. The highest BCUT2D eigenvalue weighted by atomic mass is 16.6. The first kappa shape index (κ1) is 30.4. The van der Waals surface area contributed by atoms with Crippen molar-refractivity contribution in [3.8, 4) is 0 Å². The van der Waals surface area contributed by atoms with Crippen LogP contribution in [0.1, 0.15) is 57.6 Å². The zero-order valence-corrected chi connectivity index (χ0v) is 21.8. The van der Waals surface area contributed by atoms with Gasteiger partial charge >= 0.3 is 18.0 Å². The number of alkyl carbamates (subject to hydrolysis) is 1. The molecule has 3 amide bonds. The molecule has 0 aliphatic heterocycles. The minimum atomic E-state index is -1.19. The van der Waals surface area contributed by atoms with Gasteiger partial charge in [0.25, 0.3) is 0 Å². The van der Waals surface area contributed by atoms with Crippen LogP contribution in [0.25, 0.3) is 0 Å². The van der Waals surface area contributed by atoms with Crippen LogP contribution in [-0.2, 0) is 39.9 Å². The molecule has 0 radical (unpaired) electrons. The maximum absolute atomic E-state index is 13.1. The zero-order valence-electron chi connectivity index (χ0n) is 21.8. The van der Waals surface area contributed by atoms with Crippen molar-refractivity contribution >= 4 is 29.8 Å². The first-order valence-corrected chi connectivity index (χ1v) is 11.6. The molecule has 2 atom stereocenters. The quantitative estimate of drug-likeness (QED) is 0.287. The van der Waals surface area contributed by atoms with Gasteiger partial charge in [-0.1, -0.05) is 29.8 Å². The minimum absolute atomic E-state index is 0.0334. The van der Waals surface area contributed by atoms with Crippen LogP contribution >= 0.6 is 0 Å². The van der Waals surface area contributed by atoms with Crippen LogP contribution in [0.2, 0.25) is 0 Å². The van der Waals surface area contributed by atoms with Gasteiger partial charge < -0.3 is 30.2 Å². The van der Waals surface area contributed by atoms with E-state index in [1.165, 1.54) is 14.2 Å². The van der Waals surface area contributed by atoms with Crippen LogP contribution in [0.4, 0.5) is 4.79 Å². The summed E-state index contributed by atoms with van der Waals surface area (Å²) < 4.78 is 14.5. The van der Waals surface area contributed by atoms with Gasteiger partial charge in [0.2, 0.25) is 11.8 Å². The van der Waals surface area contributed by atoms with Crippen molar-refractivity contribution in [2.75, 3.05) is 14.2 Å². The summed E-state index contributed by atoms with van der Waals surface area (Å²) in [6.45, 7) is 7.15. The highest BCUT2D eigenvalue weighted by molar-refractivity contribution is 5.91. The molecule has 36 heavy (non-hydrogen) atoms. The Labute approximate surface area is 211 Å². The molecule has 1 rings (SSSR count). The molecule has 0 aromatic heterocycles. The molecule has 11 nitrogen and oxygen atoms in total. The molecule has 200 valence electrons. The van der Waals surface area contributed by atoms with Crippen LogP contribution in [-0.4, -0.2) is 61.8 Å². The summed E-state index contributed by atoms with van der Waals surface area (Å²) in [5, 5.41) is 7.75. The van der Waals surface area contributed by atoms with Gasteiger partial charge in [0, 0.05) is 19.4 Å². The van der Waals surface area contributed by atoms with Gasteiger partial charge in [-0.2, -0.15) is 0 Å². The highest BCUT2D eigenvalue weighted by Crippen LogP contribution is 2.09. The molecular weight excluding hydrogens is 470 g/mol. The number of hydrogen-bond donors (Lipinski definition) is 3. The highest BCUT2D eigenvalue weighted by Gasteiger charge is 2.29. The van der Waals surface area contributed by atoms with Gasteiger partial charge in [0.15, 0.2) is 0 Å². The van der Waals surface area contributed by atoms with E-state index in [1.807, 2.05) is 31.2 Å². The number of carbonyl (C=O) groups excluding carboxylic acids is 5. The number of ether oxygens (including phenoxy) is 3. The molecule has 0 aliphatic carbocycles. The molecule has 0 heterocycles. The van der Waals surface area contributed by atoms with Gasteiger partial charge in [-0.3, -0.25) is 19.2 Å². The lowest BCUT2D eigenvalue weighted by Crippen LogP contribution is -2.54. The second kappa shape index (κ2) is 14.7. The van der Waals surface area contributed by atoms with Crippen molar-refractivity contribution in [2.24, 2.45) is 0 Å². The van der Waals surface area contributed by atoms with E-state index in [0.29, 0.717) is 0 Å². The molecular formula is C25H37N3O8. The molecule has 0 bridgehead atoms. The number of methoxy groups -OCH3 is 2. The van der Waals surface area contributed by atoms with Crippen LogP contribution in [0.5, 0.6) is 0 Å². The number of rotatable bonds is 12. The Bertz CT molecular complexity index is 909. The van der Waals surface area contributed by atoms with E-state index in [2.05, 4.69) is 25.4 Å². The standard InChI is InChI=1S/C25H37N3O8/c1-16-7-9-17(10-8-16)15-26-22(31)18(11-13-20(29)34-5)27-23(32)19(12-14-21(30)35-6)28-24(33)36-25(2,3)4/h7-10,18-19H,11-15H2,1-6H3,(H,26,31)(H,27,32)(H,28,33). The summed E-state index contributed by atoms with van der Waals surface area (Å²) in [5.74, 6) is -2.35. The maximum Gasteiger partial charge on any atom is 0.408 e. The van der Waals surface area contributed by atoms with Crippen molar-refractivity contribution in [2.45, 2.75) is 77.6 Å². The summed E-state index contributed by atoms with van der Waals surface area (Å²) in [7, 11) is 2.43. The Morgan fingerprint density at radius 2 is 1.31 bits per heavy atom. The van der Waals surface area contributed by atoms with Crippen molar-refractivity contribution in [3.63, 3.8) is 0 Å². The lowest BCUT2D eigenvalue weighted by Gasteiger charge is -2.25. The fourth-order valence-electron chi connectivity index (χ4n) is 3.01. The largest absolute Gasteiger partial charge is 0.469 e. The van der Waals surface area contributed by atoms with Crippen molar-refractivity contribution in [3.05, 3.63) is 35.4 Å². The third-order valence-electron chi connectivity index (χ3n) is 4.96. The van der Waals surface area contributed by atoms with Crippen molar-refractivity contribution < 1.29 is 38.2 Å². The number of benzene rings is 1. The topological polar surface area (TPSA) is 149 Å². The predicted molar refractivity (Wildman–Crippen MR) is 131 cm³/mol. The Morgan fingerprint density at radius 3 is 1.78 bits per heavy atom. The fraction of sp³-hybridized carbons (Fsp3) is 0.560. The van der Waals surface area contributed by atoms with E-state index < -0.39 is 47.5 Å². The summed E-state index contributed by atoms with van der Waals surface area (Å²) in [4.78, 5) is 61.5. The van der Waals surface area contributed by atoms with Crippen LogP contribution in [0.3, 0.4) is 0 Å². The van der Waals surface area contributed by atoms with E-state index in [-0.39, 0.29) is 32.2 Å².